The third-order valence-electron chi connectivity index (χ3n) is 3.60. The van der Waals surface area contributed by atoms with Crippen LogP contribution in [0.1, 0.15) is 26.5 Å². The highest BCUT2D eigenvalue weighted by Crippen LogP contribution is 2.28. The first-order valence-corrected chi connectivity index (χ1v) is 8.13. The molecule has 3 rings (SSSR count). The molecule has 0 aliphatic rings. The van der Waals surface area contributed by atoms with E-state index in [1.54, 1.807) is 30.3 Å². The van der Waals surface area contributed by atoms with Crippen molar-refractivity contribution in [2.75, 3.05) is 7.11 Å². The second-order valence-corrected chi connectivity index (χ2v) is 5.53. The van der Waals surface area contributed by atoms with Crippen LogP contribution >= 0.6 is 0 Å². The molecule has 0 radical (unpaired) electrons. The number of aromatic hydroxyl groups is 1. The van der Waals surface area contributed by atoms with Crippen LogP contribution in [0.5, 0.6) is 17.2 Å². The first-order valence-electron chi connectivity index (χ1n) is 8.13. The largest absolute Gasteiger partial charge is 0.508 e. The zero-order valence-corrected chi connectivity index (χ0v) is 14.8. The summed E-state index contributed by atoms with van der Waals surface area (Å²) in [7, 11) is 1.43. The summed E-state index contributed by atoms with van der Waals surface area (Å²) in [5.74, 6) is -0.539. The summed E-state index contributed by atoms with van der Waals surface area (Å²) < 4.78 is 15.5. The number of phenols is 1. The van der Waals surface area contributed by atoms with E-state index >= 15 is 0 Å². The summed E-state index contributed by atoms with van der Waals surface area (Å²) in [6.45, 7) is 0. The molecule has 1 aromatic heterocycles. The van der Waals surface area contributed by atoms with Crippen molar-refractivity contribution in [3.05, 3.63) is 77.7 Å². The van der Waals surface area contributed by atoms with Gasteiger partial charge in [-0.1, -0.05) is 6.07 Å². The molecule has 8 nitrogen and oxygen atoms in total. The van der Waals surface area contributed by atoms with Gasteiger partial charge in [-0.05, 0) is 54.1 Å². The molecule has 1 heterocycles. The number of benzene rings is 2. The van der Waals surface area contributed by atoms with E-state index in [2.05, 4.69) is 10.5 Å². The summed E-state index contributed by atoms with van der Waals surface area (Å²) in [4.78, 5) is 23.9. The highest BCUT2D eigenvalue weighted by molar-refractivity contribution is 5.95. The quantitative estimate of drug-likeness (QED) is 0.294. The Morgan fingerprint density at radius 1 is 1.11 bits per heavy atom. The molecular weight excluding hydrogens is 364 g/mol. The number of ether oxygens (including phenoxy) is 2. The van der Waals surface area contributed by atoms with Gasteiger partial charge in [0.25, 0.3) is 5.91 Å². The van der Waals surface area contributed by atoms with Crippen LogP contribution in [0.2, 0.25) is 0 Å². The molecule has 0 fully saturated rings. The zero-order valence-electron chi connectivity index (χ0n) is 14.8. The Morgan fingerprint density at radius 3 is 2.68 bits per heavy atom. The number of hydrogen-bond donors (Lipinski definition) is 2. The standard InChI is InChI=1S/C20H16N2O6/c1-26-18-10-13(7-8-16(18)28-20(25)17-6-3-9-27-17)12-21-22-19(24)14-4-2-5-15(23)11-14/h2-12,23H,1H3,(H,22,24)/b21-12-. The van der Waals surface area contributed by atoms with Crippen molar-refractivity contribution in [3.8, 4) is 17.2 Å². The van der Waals surface area contributed by atoms with Crippen molar-refractivity contribution in [2.24, 2.45) is 5.10 Å². The molecule has 0 spiro atoms. The van der Waals surface area contributed by atoms with Gasteiger partial charge in [0.1, 0.15) is 5.75 Å². The summed E-state index contributed by atoms with van der Waals surface area (Å²) in [6.07, 6.45) is 2.78. The van der Waals surface area contributed by atoms with Crippen molar-refractivity contribution >= 4 is 18.1 Å². The fourth-order valence-electron chi connectivity index (χ4n) is 2.27. The third kappa shape index (κ3) is 4.55. The van der Waals surface area contributed by atoms with Crippen LogP contribution in [-0.4, -0.2) is 30.3 Å². The van der Waals surface area contributed by atoms with Gasteiger partial charge in [-0.25, -0.2) is 10.2 Å². The molecule has 2 aromatic carbocycles. The number of phenolic OH excluding ortho intramolecular Hbond substituents is 1. The van der Waals surface area contributed by atoms with Crippen LogP contribution < -0.4 is 14.9 Å². The summed E-state index contributed by atoms with van der Waals surface area (Å²) in [5.41, 5.74) is 3.23. The van der Waals surface area contributed by atoms with E-state index in [9.17, 15) is 14.7 Å². The lowest BCUT2D eigenvalue weighted by Gasteiger charge is -2.09. The van der Waals surface area contributed by atoms with Crippen LogP contribution in [0.4, 0.5) is 0 Å². The Bertz CT molecular complexity index is 1010. The molecule has 0 aliphatic carbocycles. The monoisotopic (exact) mass is 380 g/mol. The number of carbonyl (C=O) groups excluding carboxylic acids is 2. The van der Waals surface area contributed by atoms with Crippen LogP contribution in [0.15, 0.2) is 70.4 Å². The minimum atomic E-state index is -0.650. The number of rotatable bonds is 6. The third-order valence-corrected chi connectivity index (χ3v) is 3.60. The van der Waals surface area contributed by atoms with E-state index in [1.165, 1.54) is 43.9 Å². The number of furan rings is 1. The minimum Gasteiger partial charge on any atom is -0.508 e. The number of hydrazone groups is 1. The molecule has 142 valence electrons. The van der Waals surface area contributed by atoms with Gasteiger partial charge in [-0.3, -0.25) is 4.79 Å². The molecule has 1 amide bonds. The maximum atomic E-state index is 12.0. The van der Waals surface area contributed by atoms with Gasteiger partial charge in [-0.2, -0.15) is 5.10 Å². The van der Waals surface area contributed by atoms with Gasteiger partial charge in [0.05, 0.1) is 19.6 Å². The smallest absolute Gasteiger partial charge is 0.379 e. The molecule has 0 bridgehead atoms. The van der Waals surface area contributed by atoms with Crippen LogP contribution in [-0.2, 0) is 0 Å². The average molecular weight is 380 g/mol. The molecule has 8 heteroatoms. The lowest BCUT2D eigenvalue weighted by atomic mass is 10.2. The van der Waals surface area contributed by atoms with Crippen molar-refractivity contribution in [1.29, 1.82) is 0 Å². The molecule has 28 heavy (non-hydrogen) atoms. The predicted molar refractivity (Wildman–Crippen MR) is 99.8 cm³/mol. The van der Waals surface area contributed by atoms with Crippen LogP contribution in [0.3, 0.4) is 0 Å². The Kier molecular flexibility index (Phi) is 5.71. The number of esters is 1. The number of amides is 1. The molecule has 3 aromatic rings. The highest BCUT2D eigenvalue weighted by atomic mass is 16.6. The van der Waals surface area contributed by atoms with E-state index in [1.807, 2.05) is 0 Å². The fraction of sp³-hybridized carbons (Fsp3) is 0.0500. The summed E-state index contributed by atoms with van der Waals surface area (Å²) >= 11 is 0. The fourth-order valence-corrected chi connectivity index (χ4v) is 2.27. The number of carbonyl (C=O) groups is 2. The van der Waals surface area contributed by atoms with Gasteiger partial charge in [0.2, 0.25) is 5.76 Å². The van der Waals surface area contributed by atoms with E-state index in [4.69, 9.17) is 13.9 Å². The Morgan fingerprint density at radius 2 is 1.96 bits per heavy atom. The molecule has 0 unspecified atom stereocenters. The summed E-state index contributed by atoms with van der Waals surface area (Å²) in [6, 6.07) is 13.7. The number of methoxy groups -OCH3 is 1. The Labute approximate surface area is 160 Å². The van der Waals surface area contributed by atoms with Gasteiger partial charge < -0.3 is 19.0 Å². The number of nitrogens with one attached hydrogen (secondary N) is 1. The topological polar surface area (TPSA) is 110 Å². The number of nitrogens with zero attached hydrogens (tertiary/aromatic N) is 1. The molecule has 2 N–H and O–H groups in total. The first-order chi connectivity index (χ1) is 13.6. The Hall–Kier alpha value is -4.07. The molecular formula is C20H16N2O6. The van der Waals surface area contributed by atoms with E-state index in [0.29, 0.717) is 11.3 Å². The summed E-state index contributed by atoms with van der Waals surface area (Å²) in [5, 5.41) is 13.3. The van der Waals surface area contributed by atoms with Gasteiger partial charge in [0, 0.05) is 5.56 Å². The normalized spacial score (nSPS) is 10.6. The van der Waals surface area contributed by atoms with Crippen molar-refractivity contribution in [2.45, 2.75) is 0 Å². The minimum absolute atomic E-state index is 0.0129. The number of hydrogen-bond acceptors (Lipinski definition) is 7. The maximum Gasteiger partial charge on any atom is 0.379 e. The van der Waals surface area contributed by atoms with Gasteiger partial charge in [0.15, 0.2) is 11.5 Å². The van der Waals surface area contributed by atoms with Crippen LogP contribution in [0, 0.1) is 0 Å². The lowest BCUT2D eigenvalue weighted by Crippen LogP contribution is -2.17. The first kappa shape index (κ1) is 18.7. The van der Waals surface area contributed by atoms with Crippen molar-refractivity contribution < 1.29 is 28.6 Å². The van der Waals surface area contributed by atoms with Crippen molar-refractivity contribution in [1.82, 2.24) is 5.43 Å². The predicted octanol–water partition coefficient (Wildman–Crippen LogP) is 2.98. The average Bonchev–Trinajstić information content (AvgIpc) is 3.24. The van der Waals surface area contributed by atoms with E-state index < -0.39 is 11.9 Å². The molecule has 0 saturated heterocycles. The van der Waals surface area contributed by atoms with Gasteiger partial charge >= 0.3 is 5.97 Å². The van der Waals surface area contributed by atoms with Crippen LogP contribution in [0.25, 0.3) is 0 Å². The maximum absolute atomic E-state index is 12.0. The highest BCUT2D eigenvalue weighted by Gasteiger charge is 2.15. The Balaban J connectivity index is 1.67. The van der Waals surface area contributed by atoms with Gasteiger partial charge in [-0.15, -0.1) is 0 Å². The second-order valence-electron chi connectivity index (χ2n) is 5.53. The SMILES string of the molecule is COc1cc(/C=N\NC(=O)c2cccc(O)c2)ccc1OC(=O)c1ccco1. The van der Waals surface area contributed by atoms with E-state index in [0.717, 1.165) is 0 Å². The zero-order chi connectivity index (χ0) is 19.9. The lowest BCUT2D eigenvalue weighted by molar-refractivity contribution is 0.0696. The second kappa shape index (κ2) is 8.54. The molecule has 0 atom stereocenters. The van der Waals surface area contributed by atoms with E-state index in [-0.39, 0.29) is 22.8 Å². The molecule has 0 saturated carbocycles. The molecule has 0 aliphatic heterocycles. The van der Waals surface area contributed by atoms with Crippen molar-refractivity contribution in [3.63, 3.8) is 0 Å².